The van der Waals surface area contributed by atoms with Crippen molar-refractivity contribution < 1.29 is 32.4 Å². The molecule has 7 nitrogen and oxygen atoms in total. The number of carboxylic acid groups (broad SMARTS) is 1. The van der Waals surface area contributed by atoms with E-state index in [0.717, 1.165) is 19.3 Å². The third kappa shape index (κ3) is 16.4. The molecule has 0 rings (SSSR count). The average molecular weight is 407 g/mol. The Morgan fingerprint density at radius 2 is 1.36 bits per heavy atom. The number of carbonyl (C=O) groups excluding carboxylic acids is 1. The van der Waals surface area contributed by atoms with Crippen LogP contribution in [0.1, 0.15) is 77.6 Å². The van der Waals surface area contributed by atoms with Crippen molar-refractivity contribution in [3.8, 4) is 0 Å². The van der Waals surface area contributed by atoms with Gasteiger partial charge in [0.15, 0.2) is 5.25 Å². The summed E-state index contributed by atoms with van der Waals surface area (Å²) in [5.74, 6) is -2.70. The second-order valence-electron chi connectivity index (χ2n) is 5.95. The number of esters is 1. The monoisotopic (exact) mass is 406 g/mol. The van der Waals surface area contributed by atoms with Crippen LogP contribution in [-0.4, -0.2) is 93.3 Å². The zero-order valence-corrected chi connectivity index (χ0v) is 15.2. The van der Waals surface area contributed by atoms with Crippen LogP contribution in [0.15, 0.2) is 0 Å². The standard InChI is InChI=1S/C16H30O7S.K.H/c1-2-3-4-5-6-7-8-9-10-11-12-23-16(19)14(13-15(17)18)24(20,21)22;;/h14H,2-13H2,1H3,(H,17,18)(H,20,21,22);;. The first-order valence-electron chi connectivity index (χ1n) is 8.63. The summed E-state index contributed by atoms with van der Waals surface area (Å²) in [5, 5.41) is 6.52. The summed E-state index contributed by atoms with van der Waals surface area (Å²) in [4.78, 5) is 22.1. The molecule has 0 saturated heterocycles. The van der Waals surface area contributed by atoms with Gasteiger partial charge in [0.2, 0.25) is 0 Å². The molecule has 0 spiro atoms. The van der Waals surface area contributed by atoms with Crippen LogP contribution in [0.5, 0.6) is 0 Å². The van der Waals surface area contributed by atoms with Crippen LogP contribution in [0.3, 0.4) is 0 Å². The molecule has 0 aliphatic heterocycles. The van der Waals surface area contributed by atoms with E-state index in [4.69, 9.17) is 14.4 Å². The van der Waals surface area contributed by atoms with Crippen molar-refractivity contribution in [2.24, 2.45) is 0 Å². The predicted octanol–water partition coefficient (Wildman–Crippen LogP) is 2.53. The summed E-state index contributed by atoms with van der Waals surface area (Å²) in [5.41, 5.74) is 0. The molecule has 0 aliphatic carbocycles. The van der Waals surface area contributed by atoms with Gasteiger partial charge in [0, 0.05) is 0 Å². The third-order valence-electron chi connectivity index (χ3n) is 3.72. The van der Waals surface area contributed by atoms with Crippen molar-refractivity contribution in [2.75, 3.05) is 6.61 Å². The van der Waals surface area contributed by atoms with Gasteiger partial charge in [-0.3, -0.25) is 14.1 Å². The van der Waals surface area contributed by atoms with E-state index in [1.54, 1.807) is 0 Å². The molecule has 0 bridgehead atoms. The van der Waals surface area contributed by atoms with E-state index in [1.165, 1.54) is 38.5 Å². The first kappa shape index (κ1) is 27.7. The van der Waals surface area contributed by atoms with E-state index in [2.05, 4.69) is 6.92 Å². The number of ether oxygens (including phenoxy) is 1. The van der Waals surface area contributed by atoms with Crippen LogP contribution in [0, 0.1) is 0 Å². The Kier molecular flexibility index (Phi) is 18.4. The third-order valence-corrected chi connectivity index (χ3v) is 4.80. The van der Waals surface area contributed by atoms with Gasteiger partial charge in [0.1, 0.15) is 0 Å². The Morgan fingerprint density at radius 1 is 0.920 bits per heavy atom. The van der Waals surface area contributed by atoms with Gasteiger partial charge in [-0.15, -0.1) is 0 Å². The molecule has 9 heteroatoms. The van der Waals surface area contributed by atoms with Crippen molar-refractivity contribution in [3.63, 3.8) is 0 Å². The molecule has 144 valence electrons. The molecule has 0 aromatic rings. The van der Waals surface area contributed by atoms with Gasteiger partial charge in [0.05, 0.1) is 13.0 Å². The Bertz CT molecular complexity index is 465. The molecule has 2 N–H and O–H groups in total. The van der Waals surface area contributed by atoms with Gasteiger partial charge in [-0.25, -0.2) is 0 Å². The number of hydrogen-bond acceptors (Lipinski definition) is 5. The van der Waals surface area contributed by atoms with Gasteiger partial charge in [-0.05, 0) is 6.42 Å². The number of hydrogen-bond donors (Lipinski definition) is 2. The molecule has 25 heavy (non-hydrogen) atoms. The van der Waals surface area contributed by atoms with Gasteiger partial charge in [-0.2, -0.15) is 8.42 Å². The fourth-order valence-electron chi connectivity index (χ4n) is 2.32. The number of carboxylic acids is 1. The zero-order valence-electron chi connectivity index (χ0n) is 14.4. The van der Waals surface area contributed by atoms with E-state index < -0.39 is 33.7 Å². The SMILES string of the molecule is CCCCCCCCCCCCOC(=O)C(CC(=O)O)S(=O)(=O)O.[KH]. The molecule has 0 radical (unpaired) electrons. The minimum absolute atomic E-state index is 0. The van der Waals surface area contributed by atoms with E-state index in [-0.39, 0.29) is 58.0 Å². The summed E-state index contributed by atoms with van der Waals surface area (Å²) in [6.07, 6.45) is 10.1. The molecule has 0 aromatic heterocycles. The fraction of sp³-hybridized carbons (Fsp3) is 0.875. The molecule has 0 heterocycles. The van der Waals surface area contributed by atoms with Crippen LogP contribution in [0.2, 0.25) is 0 Å². The van der Waals surface area contributed by atoms with Crippen molar-refractivity contribution >= 4 is 73.4 Å². The number of aliphatic carboxylic acids is 1. The maximum absolute atomic E-state index is 11.6. The normalized spacial score (nSPS) is 12.2. The zero-order chi connectivity index (χ0) is 18.4. The van der Waals surface area contributed by atoms with Crippen LogP contribution < -0.4 is 0 Å². The number of carbonyl (C=O) groups is 2. The molecular formula is C16H31KO7S. The Hall–Kier alpha value is 0.486. The first-order valence-corrected chi connectivity index (χ1v) is 10.1. The predicted molar refractivity (Wildman–Crippen MR) is 97.5 cm³/mol. The summed E-state index contributed by atoms with van der Waals surface area (Å²) in [6.45, 7) is 2.22. The summed E-state index contributed by atoms with van der Waals surface area (Å²) in [7, 11) is -4.78. The van der Waals surface area contributed by atoms with E-state index >= 15 is 0 Å². The minimum atomic E-state index is -4.78. The van der Waals surface area contributed by atoms with Gasteiger partial charge in [-0.1, -0.05) is 64.7 Å². The van der Waals surface area contributed by atoms with Crippen LogP contribution in [-0.2, 0) is 24.4 Å². The fourth-order valence-corrected chi connectivity index (χ4v) is 2.99. The maximum atomic E-state index is 11.6. The Labute approximate surface area is 193 Å². The van der Waals surface area contributed by atoms with E-state index in [1.807, 2.05) is 0 Å². The summed E-state index contributed by atoms with van der Waals surface area (Å²) in [6, 6.07) is 0. The molecule has 0 saturated carbocycles. The molecule has 1 atom stereocenters. The Morgan fingerprint density at radius 3 is 1.76 bits per heavy atom. The molecule has 0 aliphatic rings. The average Bonchev–Trinajstić information content (AvgIpc) is 2.48. The molecule has 0 fully saturated rings. The van der Waals surface area contributed by atoms with Crippen molar-refractivity contribution in [3.05, 3.63) is 0 Å². The second kappa shape index (κ2) is 16.6. The van der Waals surface area contributed by atoms with Crippen molar-refractivity contribution in [1.82, 2.24) is 0 Å². The number of unbranched alkanes of at least 4 members (excludes halogenated alkanes) is 9. The van der Waals surface area contributed by atoms with Crippen molar-refractivity contribution in [2.45, 2.75) is 82.8 Å². The van der Waals surface area contributed by atoms with Gasteiger partial charge in [0.25, 0.3) is 10.1 Å². The quantitative estimate of drug-likeness (QED) is 0.186. The number of rotatable bonds is 15. The topological polar surface area (TPSA) is 118 Å². The van der Waals surface area contributed by atoms with E-state index in [9.17, 15) is 18.0 Å². The molecular weight excluding hydrogens is 375 g/mol. The molecule has 0 aromatic carbocycles. The summed E-state index contributed by atoms with van der Waals surface area (Å²) >= 11 is 0. The summed E-state index contributed by atoms with van der Waals surface area (Å²) < 4.78 is 35.6. The van der Waals surface area contributed by atoms with Crippen LogP contribution >= 0.6 is 0 Å². The first-order chi connectivity index (χ1) is 11.3. The van der Waals surface area contributed by atoms with Crippen LogP contribution in [0.4, 0.5) is 0 Å². The van der Waals surface area contributed by atoms with Crippen molar-refractivity contribution in [1.29, 1.82) is 0 Å². The molecule has 1 unspecified atom stereocenters. The second-order valence-corrected chi connectivity index (χ2v) is 7.55. The molecule has 0 amide bonds. The van der Waals surface area contributed by atoms with Crippen LogP contribution in [0.25, 0.3) is 0 Å². The Balaban J connectivity index is 0. The van der Waals surface area contributed by atoms with E-state index in [0.29, 0.717) is 6.42 Å². The van der Waals surface area contributed by atoms with Gasteiger partial charge < -0.3 is 9.84 Å². The van der Waals surface area contributed by atoms with Gasteiger partial charge >= 0.3 is 63.3 Å².